The van der Waals surface area contributed by atoms with Crippen LogP contribution >= 0.6 is 22.6 Å². The number of aldehydes is 1. The molecule has 0 aliphatic carbocycles. The number of pyridine rings is 1. The highest BCUT2D eigenvalue weighted by Crippen LogP contribution is 2.21. The maximum absolute atomic E-state index is 10.6. The highest BCUT2D eigenvalue weighted by Gasteiger charge is 2.03. The highest BCUT2D eigenvalue weighted by molar-refractivity contribution is 14.1. The Morgan fingerprint density at radius 1 is 1.11 bits per heavy atom. The van der Waals surface area contributed by atoms with Crippen LogP contribution in [-0.2, 0) is 0 Å². The lowest BCUT2D eigenvalue weighted by molar-refractivity contribution is 0.112. The minimum absolute atomic E-state index is 0.690. The van der Waals surface area contributed by atoms with Crippen LogP contribution in [0.15, 0.2) is 48.8 Å². The zero-order valence-electron chi connectivity index (χ0n) is 9.38. The summed E-state index contributed by atoms with van der Waals surface area (Å²) in [7, 11) is 0. The summed E-state index contributed by atoms with van der Waals surface area (Å²) in [6.07, 6.45) is 4.70. The van der Waals surface area contributed by atoms with E-state index in [1.165, 1.54) is 0 Å². The Balaban J connectivity index is 2.09. The van der Waals surface area contributed by atoms with Gasteiger partial charge >= 0.3 is 0 Å². The van der Waals surface area contributed by atoms with Gasteiger partial charge in [-0.15, -0.1) is 0 Å². The van der Waals surface area contributed by atoms with Gasteiger partial charge in [0.15, 0.2) is 0 Å². The molecule has 0 saturated carbocycles. The van der Waals surface area contributed by atoms with Gasteiger partial charge in [-0.25, -0.2) is 4.98 Å². The Bertz CT molecular complexity index is 716. The van der Waals surface area contributed by atoms with Gasteiger partial charge < -0.3 is 0 Å². The second-order valence-electron chi connectivity index (χ2n) is 3.96. The molecular formula is C14H9IN2O. The number of nitrogens with zero attached hydrogens (tertiary/aromatic N) is 2. The molecule has 0 unspecified atom stereocenters. The van der Waals surface area contributed by atoms with Gasteiger partial charge in [0.05, 0.1) is 6.20 Å². The second-order valence-corrected chi connectivity index (χ2v) is 5.07. The molecule has 0 fully saturated rings. The summed E-state index contributed by atoms with van der Waals surface area (Å²) in [5, 5.41) is 0. The van der Waals surface area contributed by atoms with Crippen LogP contribution in [0.25, 0.3) is 16.8 Å². The van der Waals surface area contributed by atoms with Crippen molar-refractivity contribution in [1.82, 2.24) is 9.38 Å². The summed E-state index contributed by atoms with van der Waals surface area (Å²) in [5.41, 5.74) is 3.80. The van der Waals surface area contributed by atoms with E-state index in [4.69, 9.17) is 0 Å². The van der Waals surface area contributed by atoms with Crippen LogP contribution in [0.2, 0.25) is 0 Å². The molecule has 2 aromatic heterocycles. The number of carbonyl (C=O) groups excluding carboxylic acids is 1. The maximum Gasteiger partial charge on any atom is 0.150 e. The van der Waals surface area contributed by atoms with Gasteiger partial charge in [-0.05, 0) is 45.9 Å². The number of aromatic nitrogens is 2. The Morgan fingerprint density at radius 2 is 1.89 bits per heavy atom. The third-order valence-electron chi connectivity index (χ3n) is 2.85. The van der Waals surface area contributed by atoms with Gasteiger partial charge in [0.2, 0.25) is 0 Å². The Kier molecular flexibility index (Phi) is 2.87. The fourth-order valence-corrected chi connectivity index (χ4v) is 2.43. The van der Waals surface area contributed by atoms with Crippen molar-refractivity contribution >= 4 is 34.5 Å². The van der Waals surface area contributed by atoms with Crippen LogP contribution < -0.4 is 0 Å². The molecule has 0 saturated heterocycles. The van der Waals surface area contributed by atoms with Gasteiger partial charge in [-0.1, -0.05) is 24.3 Å². The topological polar surface area (TPSA) is 34.4 Å². The molecule has 3 rings (SSSR count). The molecule has 0 spiro atoms. The zero-order valence-corrected chi connectivity index (χ0v) is 11.5. The van der Waals surface area contributed by atoms with Crippen molar-refractivity contribution < 1.29 is 4.79 Å². The first kappa shape index (κ1) is 11.4. The van der Waals surface area contributed by atoms with Gasteiger partial charge in [0, 0.05) is 11.8 Å². The number of hydrogen-bond donors (Lipinski definition) is 0. The van der Waals surface area contributed by atoms with Gasteiger partial charge in [-0.2, -0.15) is 0 Å². The van der Waals surface area contributed by atoms with Crippen LogP contribution in [0.1, 0.15) is 10.4 Å². The van der Waals surface area contributed by atoms with Crippen LogP contribution in [0.3, 0.4) is 0 Å². The molecule has 0 atom stereocenters. The van der Waals surface area contributed by atoms with Crippen molar-refractivity contribution in [2.45, 2.75) is 0 Å². The first-order valence-corrected chi connectivity index (χ1v) is 6.54. The van der Waals surface area contributed by atoms with Crippen LogP contribution in [0, 0.1) is 3.70 Å². The highest BCUT2D eigenvalue weighted by atomic mass is 127. The van der Waals surface area contributed by atoms with Crippen molar-refractivity contribution in [2.75, 3.05) is 0 Å². The number of halogens is 1. The predicted molar refractivity (Wildman–Crippen MR) is 78.7 cm³/mol. The number of benzene rings is 1. The maximum atomic E-state index is 10.6. The summed E-state index contributed by atoms with van der Waals surface area (Å²) in [4.78, 5) is 15.0. The Labute approximate surface area is 118 Å². The van der Waals surface area contributed by atoms with E-state index in [0.717, 1.165) is 26.8 Å². The summed E-state index contributed by atoms with van der Waals surface area (Å²) in [6.45, 7) is 0. The molecule has 18 heavy (non-hydrogen) atoms. The fourth-order valence-electron chi connectivity index (χ4n) is 1.88. The number of hydrogen-bond acceptors (Lipinski definition) is 2. The number of imidazole rings is 1. The van der Waals surface area contributed by atoms with E-state index in [1.54, 1.807) is 0 Å². The van der Waals surface area contributed by atoms with Crippen molar-refractivity contribution in [3.63, 3.8) is 0 Å². The van der Waals surface area contributed by atoms with E-state index in [9.17, 15) is 4.79 Å². The predicted octanol–water partition coefficient (Wildman–Crippen LogP) is 3.42. The fraction of sp³-hybridized carbons (Fsp3) is 0. The van der Waals surface area contributed by atoms with Crippen LogP contribution in [0.5, 0.6) is 0 Å². The smallest absolute Gasteiger partial charge is 0.150 e. The van der Waals surface area contributed by atoms with E-state index in [1.807, 2.05) is 53.2 Å². The van der Waals surface area contributed by atoms with Crippen molar-refractivity contribution in [2.24, 2.45) is 0 Å². The largest absolute Gasteiger partial charge is 0.298 e. The summed E-state index contributed by atoms with van der Waals surface area (Å²) in [6, 6.07) is 11.6. The zero-order chi connectivity index (χ0) is 12.5. The van der Waals surface area contributed by atoms with Crippen LogP contribution in [-0.4, -0.2) is 15.7 Å². The lowest BCUT2D eigenvalue weighted by Crippen LogP contribution is -1.88. The number of carbonyl (C=O) groups is 1. The molecule has 88 valence electrons. The van der Waals surface area contributed by atoms with Gasteiger partial charge in [0.1, 0.15) is 15.6 Å². The number of rotatable bonds is 2. The molecule has 2 heterocycles. The average molecular weight is 348 g/mol. The SMILES string of the molecule is O=Cc1ccc(-c2ccn3c(I)cnc3c2)cc1. The number of fused-ring (bicyclic) bond motifs is 1. The quantitative estimate of drug-likeness (QED) is 0.525. The van der Waals surface area contributed by atoms with E-state index in [-0.39, 0.29) is 0 Å². The molecule has 0 amide bonds. The normalized spacial score (nSPS) is 10.7. The first-order chi connectivity index (χ1) is 8.78. The molecule has 1 aromatic carbocycles. The summed E-state index contributed by atoms with van der Waals surface area (Å²) >= 11 is 2.25. The second kappa shape index (κ2) is 4.53. The van der Waals surface area contributed by atoms with E-state index < -0.39 is 0 Å². The molecule has 0 aliphatic rings. The van der Waals surface area contributed by atoms with Crippen molar-refractivity contribution in [3.05, 3.63) is 58.1 Å². The molecule has 3 aromatic rings. The molecule has 0 radical (unpaired) electrons. The lowest BCUT2D eigenvalue weighted by atomic mass is 10.1. The first-order valence-electron chi connectivity index (χ1n) is 5.46. The van der Waals surface area contributed by atoms with E-state index >= 15 is 0 Å². The average Bonchev–Trinajstić information content (AvgIpc) is 2.80. The third-order valence-corrected chi connectivity index (χ3v) is 3.65. The molecule has 4 heteroatoms. The van der Waals surface area contributed by atoms with Gasteiger partial charge in [-0.3, -0.25) is 9.20 Å². The monoisotopic (exact) mass is 348 g/mol. The third kappa shape index (κ3) is 1.92. The minimum Gasteiger partial charge on any atom is -0.298 e. The molecule has 0 N–H and O–H groups in total. The van der Waals surface area contributed by atoms with Gasteiger partial charge in [0.25, 0.3) is 0 Å². The molecule has 0 aliphatic heterocycles. The van der Waals surface area contributed by atoms with Crippen LogP contribution in [0.4, 0.5) is 0 Å². The van der Waals surface area contributed by atoms with E-state index in [0.29, 0.717) is 5.56 Å². The van der Waals surface area contributed by atoms with E-state index in [2.05, 4.69) is 27.6 Å². The van der Waals surface area contributed by atoms with Crippen molar-refractivity contribution in [1.29, 1.82) is 0 Å². The Morgan fingerprint density at radius 3 is 2.61 bits per heavy atom. The standard InChI is InChI=1S/C14H9IN2O/c15-13-8-16-14-7-12(5-6-17(13)14)11-3-1-10(9-18)2-4-11/h1-9H. The lowest BCUT2D eigenvalue weighted by Gasteiger charge is -2.03. The van der Waals surface area contributed by atoms with Crippen molar-refractivity contribution in [3.8, 4) is 11.1 Å². The summed E-state index contributed by atoms with van der Waals surface area (Å²) < 4.78 is 3.12. The molecule has 3 nitrogen and oxygen atoms in total. The summed E-state index contributed by atoms with van der Waals surface area (Å²) in [5.74, 6) is 0. The Hall–Kier alpha value is -1.69. The minimum atomic E-state index is 0.690. The molecular weight excluding hydrogens is 339 g/mol. The molecule has 0 bridgehead atoms.